The molecule has 0 amide bonds. The van der Waals surface area contributed by atoms with E-state index in [1.165, 1.54) is 19.0 Å². The molecule has 0 spiro atoms. The fraction of sp³-hybridized carbons (Fsp3) is 0.583. The van der Waals surface area contributed by atoms with E-state index in [0.29, 0.717) is 11.7 Å². The molecule has 1 aliphatic heterocycles. The first-order valence-corrected chi connectivity index (χ1v) is 6.33. The summed E-state index contributed by atoms with van der Waals surface area (Å²) in [6.45, 7) is 2.09. The quantitative estimate of drug-likeness (QED) is 0.648. The Balaban J connectivity index is 1.67. The maximum absolute atomic E-state index is 10.9. The van der Waals surface area contributed by atoms with E-state index in [9.17, 15) is 10.1 Å². The number of likely N-dealkylation sites (tertiary alicyclic amines) is 1. The number of hydrogen-bond donors (Lipinski definition) is 1. The summed E-state index contributed by atoms with van der Waals surface area (Å²) in [5.41, 5.74) is 0.639. The van der Waals surface area contributed by atoms with Crippen molar-refractivity contribution < 1.29 is 4.92 Å². The van der Waals surface area contributed by atoms with E-state index < -0.39 is 0 Å². The molecule has 96 valence electrons. The molecule has 3 rings (SSSR count). The monoisotopic (exact) mass is 248 g/mol. The Morgan fingerprint density at radius 3 is 3.00 bits per heavy atom. The lowest BCUT2D eigenvalue weighted by Gasteiger charge is -2.16. The van der Waals surface area contributed by atoms with Gasteiger partial charge in [0.1, 0.15) is 11.9 Å². The Kier molecular flexibility index (Phi) is 2.87. The molecule has 0 radical (unpaired) electrons. The molecular formula is C12H16N4O2. The van der Waals surface area contributed by atoms with Crippen molar-refractivity contribution in [2.24, 2.45) is 0 Å². The van der Waals surface area contributed by atoms with Crippen LogP contribution in [0.25, 0.3) is 0 Å². The fourth-order valence-corrected chi connectivity index (χ4v) is 2.55. The molecule has 2 heterocycles. The van der Waals surface area contributed by atoms with E-state index >= 15 is 0 Å². The van der Waals surface area contributed by atoms with Crippen molar-refractivity contribution in [3.05, 3.63) is 28.6 Å². The molecule has 1 aromatic heterocycles. The first-order valence-electron chi connectivity index (χ1n) is 6.33. The highest BCUT2D eigenvalue weighted by Crippen LogP contribution is 2.31. The number of nitrogens with one attached hydrogen (secondary N) is 1. The summed E-state index contributed by atoms with van der Waals surface area (Å²) < 4.78 is 0. The minimum atomic E-state index is -0.386. The van der Waals surface area contributed by atoms with Gasteiger partial charge < -0.3 is 5.32 Å². The van der Waals surface area contributed by atoms with Gasteiger partial charge in [-0.05, 0) is 25.3 Å². The van der Waals surface area contributed by atoms with Gasteiger partial charge in [-0.15, -0.1) is 0 Å². The smallest absolute Gasteiger partial charge is 0.310 e. The number of pyridine rings is 1. The SMILES string of the molecule is O=[N+]([O-])c1cnccc1NC1CCN(C2CC2)C1. The highest BCUT2D eigenvalue weighted by atomic mass is 16.6. The van der Waals surface area contributed by atoms with Crippen LogP contribution in [0.2, 0.25) is 0 Å². The lowest BCUT2D eigenvalue weighted by Crippen LogP contribution is -2.27. The highest BCUT2D eigenvalue weighted by Gasteiger charge is 2.34. The van der Waals surface area contributed by atoms with E-state index in [1.807, 2.05) is 0 Å². The van der Waals surface area contributed by atoms with Gasteiger partial charge in [-0.2, -0.15) is 0 Å². The second kappa shape index (κ2) is 4.53. The predicted octanol–water partition coefficient (Wildman–Crippen LogP) is 1.64. The third-order valence-electron chi connectivity index (χ3n) is 3.64. The molecule has 6 nitrogen and oxygen atoms in total. The summed E-state index contributed by atoms with van der Waals surface area (Å²) in [7, 11) is 0. The molecule has 18 heavy (non-hydrogen) atoms. The summed E-state index contributed by atoms with van der Waals surface area (Å²) in [5, 5.41) is 14.2. The van der Waals surface area contributed by atoms with Crippen molar-refractivity contribution in [1.82, 2.24) is 9.88 Å². The van der Waals surface area contributed by atoms with Gasteiger partial charge in [-0.1, -0.05) is 0 Å². The Labute approximate surface area is 105 Å². The largest absolute Gasteiger partial charge is 0.375 e. The van der Waals surface area contributed by atoms with Crippen LogP contribution in [0.3, 0.4) is 0 Å². The average molecular weight is 248 g/mol. The molecule has 6 heteroatoms. The summed E-state index contributed by atoms with van der Waals surface area (Å²) >= 11 is 0. The number of rotatable bonds is 4. The maximum atomic E-state index is 10.9. The van der Waals surface area contributed by atoms with Gasteiger partial charge in [0.05, 0.1) is 4.92 Å². The van der Waals surface area contributed by atoms with E-state index in [2.05, 4.69) is 15.2 Å². The van der Waals surface area contributed by atoms with Gasteiger partial charge in [-0.3, -0.25) is 20.0 Å². The van der Waals surface area contributed by atoms with Crippen molar-refractivity contribution in [2.45, 2.75) is 31.3 Å². The average Bonchev–Trinajstić information content (AvgIpc) is 3.11. The van der Waals surface area contributed by atoms with Crippen LogP contribution >= 0.6 is 0 Å². The molecule has 0 aromatic carbocycles. The first-order chi connectivity index (χ1) is 8.74. The van der Waals surface area contributed by atoms with Gasteiger partial charge in [0.15, 0.2) is 0 Å². The summed E-state index contributed by atoms with van der Waals surface area (Å²) in [5.74, 6) is 0. The molecule has 1 atom stereocenters. The minimum absolute atomic E-state index is 0.0578. The zero-order valence-electron chi connectivity index (χ0n) is 10.1. The summed E-state index contributed by atoms with van der Waals surface area (Å²) in [4.78, 5) is 16.8. The fourth-order valence-electron chi connectivity index (χ4n) is 2.55. The Hall–Kier alpha value is -1.69. The van der Waals surface area contributed by atoms with Gasteiger partial charge in [-0.25, -0.2) is 0 Å². The van der Waals surface area contributed by atoms with Crippen LogP contribution in [0, 0.1) is 10.1 Å². The lowest BCUT2D eigenvalue weighted by molar-refractivity contribution is -0.384. The topological polar surface area (TPSA) is 71.3 Å². The van der Waals surface area contributed by atoms with Crippen molar-refractivity contribution in [3.63, 3.8) is 0 Å². The molecule has 1 aromatic rings. The Morgan fingerprint density at radius 2 is 2.28 bits per heavy atom. The van der Waals surface area contributed by atoms with E-state index in [1.54, 1.807) is 12.3 Å². The van der Waals surface area contributed by atoms with Gasteiger partial charge in [0, 0.05) is 31.4 Å². The third-order valence-corrected chi connectivity index (χ3v) is 3.64. The van der Waals surface area contributed by atoms with Crippen LogP contribution in [-0.2, 0) is 0 Å². The maximum Gasteiger partial charge on any atom is 0.310 e. The molecule has 1 aliphatic carbocycles. The number of nitrogens with zero attached hydrogens (tertiary/aromatic N) is 3. The molecule has 1 saturated heterocycles. The molecule has 1 saturated carbocycles. The second-order valence-electron chi connectivity index (χ2n) is 5.01. The van der Waals surface area contributed by atoms with Gasteiger partial charge >= 0.3 is 5.69 Å². The molecule has 0 bridgehead atoms. The third kappa shape index (κ3) is 2.28. The number of nitro groups is 1. The standard InChI is InChI=1S/C12H16N4O2/c17-16(18)12-7-13-5-3-11(12)14-9-4-6-15(8-9)10-1-2-10/h3,5,7,9-10H,1-2,4,6,8H2,(H,13,14). The molecular weight excluding hydrogens is 232 g/mol. The zero-order valence-corrected chi connectivity index (χ0v) is 10.1. The van der Waals surface area contributed by atoms with Gasteiger partial charge in [0.2, 0.25) is 0 Å². The van der Waals surface area contributed by atoms with Crippen molar-refractivity contribution in [1.29, 1.82) is 0 Å². The molecule has 2 fully saturated rings. The molecule has 2 aliphatic rings. The van der Waals surface area contributed by atoms with Crippen molar-refractivity contribution in [3.8, 4) is 0 Å². The van der Waals surface area contributed by atoms with Gasteiger partial charge in [0.25, 0.3) is 0 Å². The van der Waals surface area contributed by atoms with E-state index in [0.717, 1.165) is 25.6 Å². The minimum Gasteiger partial charge on any atom is -0.375 e. The lowest BCUT2D eigenvalue weighted by atomic mass is 10.2. The Bertz CT molecular complexity index is 461. The Morgan fingerprint density at radius 1 is 1.44 bits per heavy atom. The number of anilines is 1. The van der Waals surface area contributed by atoms with Crippen LogP contribution in [0.15, 0.2) is 18.5 Å². The first kappa shape index (κ1) is 11.4. The number of hydrogen-bond acceptors (Lipinski definition) is 5. The van der Waals surface area contributed by atoms with Crippen molar-refractivity contribution in [2.75, 3.05) is 18.4 Å². The van der Waals surface area contributed by atoms with Crippen LogP contribution in [0.4, 0.5) is 11.4 Å². The van der Waals surface area contributed by atoms with Crippen LogP contribution in [0.5, 0.6) is 0 Å². The number of aromatic nitrogens is 1. The summed E-state index contributed by atoms with van der Waals surface area (Å²) in [6, 6.07) is 2.76. The van der Waals surface area contributed by atoms with E-state index in [4.69, 9.17) is 0 Å². The second-order valence-corrected chi connectivity index (χ2v) is 5.01. The predicted molar refractivity (Wildman–Crippen MR) is 67.5 cm³/mol. The van der Waals surface area contributed by atoms with Crippen molar-refractivity contribution >= 4 is 11.4 Å². The van der Waals surface area contributed by atoms with E-state index in [-0.39, 0.29) is 10.6 Å². The molecule has 1 N–H and O–H groups in total. The summed E-state index contributed by atoms with van der Waals surface area (Å²) in [6.07, 6.45) is 6.55. The normalized spacial score (nSPS) is 24.1. The molecule has 1 unspecified atom stereocenters. The van der Waals surface area contributed by atoms with Crippen LogP contribution in [0.1, 0.15) is 19.3 Å². The van der Waals surface area contributed by atoms with Crippen LogP contribution in [-0.4, -0.2) is 40.0 Å². The van der Waals surface area contributed by atoms with Crippen LogP contribution < -0.4 is 5.32 Å². The zero-order chi connectivity index (χ0) is 12.5. The highest BCUT2D eigenvalue weighted by molar-refractivity contribution is 5.60.